The quantitative estimate of drug-likeness (QED) is 0.471. The van der Waals surface area contributed by atoms with Crippen molar-refractivity contribution in [2.45, 2.75) is 26.8 Å². The Labute approximate surface area is 190 Å². The van der Waals surface area contributed by atoms with Gasteiger partial charge in [0.2, 0.25) is 0 Å². The van der Waals surface area contributed by atoms with Crippen molar-refractivity contribution in [2.75, 3.05) is 36.9 Å². The number of ether oxygens (including phenoxy) is 1. The molecule has 1 amide bonds. The number of aromatic hydroxyl groups is 1. The zero-order valence-electron chi connectivity index (χ0n) is 18.3. The minimum atomic E-state index is -0.227. The van der Waals surface area contributed by atoms with Crippen LogP contribution in [0, 0.1) is 5.41 Å². The fourth-order valence-corrected chi connectivity index (χ4v) is 4.03. The van der Waals surface area contributed by atoms with Crippen LogP contribution in [0.5, 0.6) is 5.75 Å². The first-order chi connectivity index (χ1) is 15.3. The molecule has 1 saturated heterocycles. The van der Waals surface area contributed by atoms with Gasteiger partial charge in [-0.25, -0.2) is 0 Å². The topological polar surface area (TPSA) is 113 Å². The second-order valence-electron chi connectivity index (χ2n) is 8.65. The number of phenolic OH excluding ortho intramolecular Hbond substituents is 1. The summed E-state index contributed by atoms with van der Waals surface area (Å²) in [5.41, 5.74) is 0.452. The van der Waals surface area contributed by atoms with Crippen molar-refractivity contribution in [3.63, 3.8) is 0 Å². The minimum absolute atomic E-state index is 0.124. The number of para-hydroxylation sites is 1. The summed E-state index contributed by atoms with van der Waals surface area (Å²) < 4.78 is 19.7. The Morgan fingerprint density at radius 2 is 1.91 bits per heavy atom. The van der Waals surface area contributed by atoms with Gasteiger partial charge in [-0.2, -0.15) is 8.75 Å². The molecule has 1 atom stereocenters. The lowest BCUT2D eigenvalue weighted by molar-refractivity contribution is 0.0301. The van der Waals surface area contributed by atoms with Crippen LogP contribution in [-0.4, -0.2) is 51.0 Å². The molecule has 0 spiro atoms. The van der Waals surface area contributed by atoms with Crippen LogP contribution < -0.4 is 10.6 Å². The maximum Gasteiger partial charge on any atom is 0.257 e. The van der Waals surface area contributed by atoms with Gasteiger partial charge in [-0.1, -0.05) is 26.8 Å². The molecule has 1 unspecified atom stereocenters. The number of carbonyl (C=O) groups is 1. The number of nitrogens with zero attached hydrogens (tertiary/aromatic N) is 3. The van der Waals surface area contributed by atoms with Gasteiger partial charge in [0, 0.05) is 13.1 Å². The molecule has 2 aromatic heterocycles. The van der Waals surface area contributed by atoms with E-state index in [1.54, 1.807) is 29.4 Å². The molecule has 32 heavy (non-hydrogen) atoms. The number of hydrogen-bond donors (Lipinski definition) is 3. The van der Waals surface area contributed by atoms with Crippen LogP contribution >= 0.6 is 11.7 Å². The maximum absolute atomic E-state index is 12.9. The summed E-state index contributed by atoms with van der Waals surface area (Å²) >= 11 is 1.05. The molecular weight excluding hydrogens is 430 g/mol. The number of carbonyl (C=O) groups excluding carboxylic acids is 1. The average molecular weight is 458 g/mol. The fraction of sp³-hybridized carbons (Fsp3) is 0.409. The Morgan fingerprint density at radius 3 is 2.59 bits per heavy atom. The van der Waals surface area contributed by atoms with E-state index in [1.165, 1.54) is 0 Å². The van der Waals surface area contributed by atoms with Crippen LogP contribution in [0.25, 0.3) is 0 Å². The molecule has 0 aliphatic carbocycles. The van der Waals surface area contributed by atoms with E-state index < -0.39 is 0 Å². The monoisotopic (exact) mass is 457 g/mol. The summed E-state index contributed by atoms with van der Waals surface area (Å²) in [4.78, 5) is 14.5. The summed E-state index contributed by atoms with van der Waals surface area (Å²) in [7, 11) is 0. The number of morpholine rings is 1. The van der Waals surface area contributed by atoms with Crippen molar-refractivity contribution >= 4 is 35.0 Å². The third kappa shape index (κ3) is 4.71. The molecule has 4 rings (SSSR count). The highest BCUT2D eigenvalue weighted by atomic mass is 32.1. The van der Waals surface area contributed by atoms with E-state index in [4.69, 9.17) is 9.15 Å². The Kier molecular flexibility index (Phi) is 6.33. The van der Waals surface area contributed by atoms with Crippen molar-refractivity contribution in [1.82, 2.24) is 13.6 Å². The molecular formula is C22H27N5O4S. The van der Waals surface area contributed by atoms with Crippen molar-refractivity contribution < 1.29 is 19.1 Å². The van der Waals surface area contributed by atoms with Crippen LogP contribution in [0.2, 0.25) is 0 Å². The average Bonchev–Trinajstić information content (AvgIpc) is 3.45. The first-order valence-electron chi connectivity index (χ1n) is 10.4. The summed E-state index contributed by atoms with van der Waals surface area (Å²) in [5, 5.41) is 17.3. The maximum atomic E-state index is 12.9. The second-order valence-corrected chi connectivity index (χ2v) is 9.18. The number of amides is 1. The van der Waals surface area contributed by atoms with E-state index in [1.807, 2.05) is 12.1 Å². The largest absolute Gasteiger partial charge is 0.505 e. The van der Waals surface area contributed by atoms with Gasteiger partial charge >= 0.3 is 0 Å². The zero-order valence-corrected chi connectivity index (χ0v) is 19.1. The SMILES string of the molecule is CC(C)(C)C(Nc1nsnc1Nc1cccc(C(=O)N2CCOCC2)c1O)c1ccco1. The number of nitrogens with one attached hydrogen (secondary N) is 2. The molecule has 1 aliphatic heterocycles. The lowest BCUT2D eigenvalue weighted by Crippen LogP contribution is -2.40. The molecule has 1 fully saturated rings. The molecule has 3 N–H and O–H groups in total. The lowest BCUT2D eigenvalue weighted by Gasteiger charge is -2.30. The van der Waals surface area contributed by atoms with Crippen LogP contribution in [0.1, 0.15) is 42.9 Å². The second kappa shape index (κ2) is 9.17. The summed E-state index contributed by atoms with van der Waals surface area (Å²) in [6.45, 7) is 8.30. The number of hydrogen-bond acceptors (Lipinski definition) is 9. The van der Waals surface area contributed by atoms with Crippen molar-refractivity contribution in [3.8, 4) is 5.75 Å². The van der Waals surface area contributed by atoms with E-state index in [2.05, 4.69) is 40.2 Å². The molecule has 0 saturated carbocycles. The van der Waals surface area contributed by atoms with E-state index in [9.17, 15) is 9.90 Å². The van der Waals surface area contributed by atoms with Crippen LogP contribution in [0.4, 0.5) is 17.3 Å². The van der Waals surface area contributed by atoms with Gasteiger partial charge < -0.3 is 29.8 Å². The van der Waals surface area contributed by atoms with Crippen LogP contribution in [0.15, 0.2) is 41.0 Å². The smallest absolute Gasteiger partial charge is 0.257 e. The standard InChI is InChI=1S/C22H27N5O4S/c1-22(2,3)18(16-8-5-11-31-16)24-20-19(25-32-26-20)23-15-7-4-6-14(17(15)28)21(29)27-9-12-30-13-10-27/h4-8,11,18,28H,9-10,12-13H2,1-3H3,(H,23,25)(H,24,26). The van der Waals surface area contributed by atoms with Gasteiger partial charge in [0.1, 0.15) is 5.76 Å². The Morgan fingerprint density at radius 1 is 1.16 bits per heavy atom. The van der Waals surface area contributed by atoms with E-state index in [-0.39, 0.29) is 28.7 Å². The van der Waals surface area contributed by atoms with Crippen LogP contribution in [-0.2, 0) is 4.74 Å². The minimum Gasteiger partial charge on any atom is -0.505 e. The molecule has 1 aromatic carbocycles. The van der Waals surface area contributed by atoms with Gasteiger partial charge in [-0.15, -0.1) is 0 Å². The molecule has 170 valence electrons. The number of aromatic nitrogens is 2. The Hall–Kier alpha value is -3.11. The number of phenols is 1. The van der Waals surface area contributed by atoms with Crippen LogP contribution in [0.3, 0.4) is 0 Å². The highest BCUT2D eigenvalue weighted by Gasteiger charge is 2.30. The number of rotatable bonds is 6. The van der Waals surface area contributed by atoms with Gasteiger partial charge in [-0.3, -0.25) is 4.79 Å². The summed E-state index contributed by atoms with van der Waals surface area (Å²) in [5.74, 6) is 1.44. The molecule has 0 radical (unpaired) electrons. The fourth-order valence-electron chi connectivity index (χ4n) is 3.55. The molecule has 3 aromatic rings. The highest BCUT2D eigenvalue weighted by molar-refractivity contribution is 6.99. The van der Waals surface area contributed by atoms with Crippen molar-refractivity contribution in [3.05, 3.63) is 47.9 Å². The molecule has 3 heterocycles. The predicted octanol–water partition coefficient (Wildman–Crippen LogP) is 4.25. The third-order valence-electron chi connectivity index (χ3n) is 5.28. The first kappa shape index (κ1) is 22.1. The number of benzene rings is 1. The predicted molar refractivity (Wildman–Crippen MR) is 123 cm³/mol. The summed E-state index contributed by atoms with van der Waals surface area (Å²) in [6, 6.07) is 8.66. The molecule has 9 nitrogen and oxygen atoms in total. The normalized spacial score (nSPS) is 15.4. The van der Waals surface area contributed by atoms with E-state index in [0.29, 0.717) is 43.6 Å². The lowest BCUT2D eigenvalue weighted by atomic mass is 9.85. The zero-order chi connectivity index (χ0) is 22.7. The molecule has 10 heteroatoms. The first-order valence-corrected chi connectivity index (χ1v) is 11.2. The highest BCUT2D eigenvalue weighted by Crippen LogP contribution is 2.39. The van der Waals surface area contributed by atoms with E-state index >= 15 is 0 Å². The third-order valence-corrected chi connectivity index (χ3v) is 5.81. The Balaban J connectivity index is 1.56. The summed E-state index contributed by atoms with van der Waals surface area (Å²) in [6.07, 6.45) is 1.64. The van der Waals surface area contributed by atoms with Crippen molar-refractivity contribution in [1.29, 1.82) is 0 Å². The Bertz CT molecular complexity index is 1050. The number of anilines is 3. The van der Waals surface area contributed by atoms with Crippen molar-refractivity contribution in [2.24, 2.45) is 5.41 Å². The molecule has 1 aliphatic rings. The van der Waals surface area contributed by atoms with Gasteiger partial charge in [0.15, 0.2) is 17.4 Å². The number of furan rings is 1. The van der Waals surface area contributed by atoms with Gasteiger partial charge in [0.25, 0.3) is 5.91 Å². The molecule has 0 bridgehead atoms. The van der Waals surface area contributed by atoms with E-state index in [0.717, 1.165) is 17.5 Å². The van der Waals surface area contributed by atoms with Gasteiger partial charge in [0.05, 0.1) is 48.5 Å². The van der Waals surface area contributed by atoms with Gasteiger partial charge in [-0.05, 0) is 29.7 Å².